The lowest BCUT2D eigenvalue weighted by Crippen LogP contribution is -2.05. The van der Waals surface area contributed by atoms with Crippen LogP contribution in [0.5, 0.6) is 0 Å². The number of nitrogens with one attached hydrogen (secondary N) is 1. The van der Waals surface area contributed by atoms with E-state index in [1.54, 1.807) is 19.1 Å². The zero-order chi connectivity index (χ0) is 18.0. The molecule has 3 nitrogen and oxygen atoms in total. The lowest BCUT2D eigenvalue weighted by Gasteiger charge is -2.09. The van der Waals surface area contributed by atoms with Crippen LogP contribution in [0.25, 0.3) is 22.4 Å². The Balaban J connectivity index is 2.27. The van der Waals surface area contributed by atoms with Crippen LogP contribution >= 0.6 is 45.8 Å². The average Bonchev–Trinajstić information content (AvgIpc) is 2.93. The van der Waals surface area contributed by atoms with Gasteiger partial charge in [0.2, 0.25) is 0 Å². The van der Waals surface area contributed by atoms with E-state index in [4.69, 9.17) is 27.9 Å². The maximum atomic E-state index is 12.5. The van der Waals surface area contributed by atoms with E-state index in [0.717, 1.165) is 26.0 Å². The Morgan fingerprint density at radius 1 is 1.12 bits per heavy atom. The molecule has 25 heavy (non-hydrogen) atoms. The van der Waals surface area contributed by atoms with Crippen LogP contribution in [0.2, 0.25) is 10.2 Å². The van der Waals surface area contributed by atoms with Gasteiger partial charge in [0, 0.05) is 14.2 Å². The molecule has 3 aromatic rings. The Morgan fingerprint density at radius 2 is 1.84 bits per heavy atom. The molecule has 0 saturated heterocycles. The van der Waals surface area contributed by atoms with Gasteiger partial charge in [0.1, 0.15) is 10.7 Å². The van der Waals surface area contributed by atoms with E-state index in [0.29, 0.717) is 10.6 Å². The van der Waals surface area contributed by atoms with E-state index in [9.17, 15) is 4.79 Å². The van der Waals surface area contributed by atoms with Gasteiger partial charge >= 0.3 is 5.97 Å². The van der Waals surface area contributed by atoms with Crippen molar-refractivity contribution in [3.8, 4) is 22.4 Å². The van der Waals surface area contributed by atoms with Crippen LogP contribution in [-0.2, 0) is 4.74 Å². The molecular weight excluding hydrogens is 472 g/mol. The first-order valence-corrected chi connectivity index (χ1v) is 9.45. The number of rotatable bonds is 4. The van der Waals surface area contributed by atoms with E-state index in [-0.39, 0.29) is 11.8 Å². The molecule has 0 aliphatic carbocycles. The molecule has 0 saturated carbocycles. The number of halogens is 3. The highest BCUT2D eigenvalue weighted by molar-refractivity contribution is 14.1. The topological polar surface area (TPSA) is 42.1 Å². The molecule has 2 aromatic carbocycles. The summed E-state index contributed by atoms with van der Waals surface area (Å²) >= 11 is 14.6. The van der Waals surface area contributed by atoms with Crippen molar-refractivity contribution in [3.63, 3.8) is 0 Å². The van der Waals surface area contributed by atoms with Crippen LogP contribution in [0.4, 0.5) is 0 Å². The predicted octanol–water partition coefficient (Wildman–Crippen LogP) is 6.44. The van der Waals surface area contributed by atoms with E-state index in [2.05, 4.69) is 27.6 Å². The highest BCUT2D eigenvalue weighted by atomic mass is 127. The van der Waals surface area contributed by atoms with Crippen LogP contribution in [0.1, 0.15) is 17.3 Å². The van der Waals surface area contributed by atoms with Gasteiger partial charge < -0.3 is 9.72 Å². The van der Waals surface area contributed by atoms with Crippen molar-refractivity contribution in [1.29, 1.82) is 0 Å². The van der Waals surface area contributed by atoms with Crippen molar-refractivity contribution in [2.24, 2.45) is 0 Å². The lowest BCUT2D eigenvalue weighted by atomic mass is 9.98. The van der Waals surface area contributed by atoms with Crippen LogP contribution in [-0.4, -0.2) is 17.6 Å². The highest BCUT2D eigenvalue weighted by Crippen LogP contribution is 2.39. The first-order chi connectivity index (χ1) is 12.0. The fourth-order valence-electron chi connectivity index (χ4n) is 2.63. The summed E-state index contributed by atoms with van der Waals surface area (Å²) in [5.41, 5.74) is 3.60. The minimum absolute atomic E-state index is 0.261. The van der Waals surface area contributed by atoms with Crippen molar-refractivity contribution in [2.45, 2.75) is 6.92 Å². The largest absolute Gasteiger partial charge is 0.462 e. The minimum Gasteiger partial charge on any atom is -0.462 e. The van der Waals surface area contributed by atoms with Gasteiger partial charge in [0.05, 0.1) is 12.3 Å². The molecule has 0 fully saturated rings. The Kier molecular flexibility index (Phi) is 5.71. The molecule has 0 amide bonds. The van der Waals surface area contributed by atoms with Gasteiger partial charge in [0.15, 0.2) is 0 Å². The first kappa shape index (κ1) is 18.3. The molecule has 0 atom stereocenters. The molecule has 6 heteroatoms. The fourth-order valence-corrected chi connectivity index (χ4v) is 3.57. The molecule has 1 heterocycles. The van der Waals surface area contributed by atoms with E-state index >= 15 is 0 Å². The van der Waals surface area contributed by atoms with Gasteiger partial charge in [-0.15, -0.1) is 0 Å². The molecule has 0 unspecified atom stereocenters. The third-order valence-electron chi connectivity index (χ3n) is 3.68. The van der Waals surface area contributed by atoms with Gasteiger partial charge in [-0.05, 0) is 64.9 Å². The Labute approximate surface area is 169 Å². The third kappa shape index (κ3) is 3.86. The molecule has 0 aliphatic heterocycles. The normalized spacial score (nSPS) is 10.7. The molecule has 0 bridgehead atoms. The van der Waals surface area contributed by atoms with E-state index < -0.39 is 5.97 Å². The van der Waals surface area contributed by atoms with Gasteiger partial charge in [-0.3, -0.25) is 0 Å². The van der Waals surface area contributed by atoms with Crippen molar-refractivity contribution in [2.75, 3.05) is 6.61 Å². The van der Waals surface area contributed by atoms with Crippen LogP contribution in [0, 0.1) is 3.57 Å². The van der Waals surface area contributed by atoms with Crippen molar-refractivity contribution in [3.05, 3.63) is 67.8 Å². The number of hydrogen-bond acceptors (Lipinski definition) is 2. The zero-order valence-electron chi connectivity index (χ0n) is 13.3. The second-order valence-electron chi connectivity index (χ2n) is 5.30. The van der Waals surface area contributed by atoms with Crippen LogP contribution in [0.3, 0.4) is 0 Å². The zero-order valence-corrected chi connectivity index (χ0v) is 16.9. The Morgan fingerprint density at radius 3 is 2.48 bits per heavy atom. The highest BCUT2D eigenvalue weighted by Gasteiger charge is 2.25. The second-order valence-corrected chi connectivity index (χ2v) is 7.36. The van der Waals surface area contributed by atoms with Gasteiger partial charge in [-0.25, -0.2) is 4.79 Å². The van der Waals surface area contributed by atoms with Gasteiger partial charge in [-0.2, -0.15) is 0 Å². The van der Waals surface area contributed by atoms with Crippen LogP contribution in [0.15, 0.2) is 48.5 Å². The lowest BCUT2D eigenvalue weighted by molar-refractivity contribution is 0.0527. The number of hydrogen-bond donors (Lipinski definition) is 1. The van der Waals surface area contributed by atoms with E-state index in [1.807, 2.05) is 36.4 Å². The first-order valence-electron chi connectivity index (χ1n) is 7.61. The number of aromatic amines is 1. The van der Waals surface area contributed by atoms with Crippen LogP contribution < -0.4 is 0 Å². The summed E-state index contributed by atoms with van der Waals surface area (Å²) in [5, 5.41) is 0.903. The fraction of sp³-hybridized carbons (Fsp3) is 0.105. The number of aromatic nitrogens is 1. The van der Waals surface area contributed by atoms with Crippen molar-refractivity contribution < 1.29 is 9.53 Å². The summed E-state index contributed by atoms with van der Waals surface area (Å²) in [7, 11) is 0. The molecule has 128 valence electrons. The summed E-state index contributed by atoms with van der Waals surface area (Å²) in [6.07, 6.45) is 0. The standard InChI is InChI=1S/C19H14Cl2INO2/c1-2-25-19(24)16-15(12-4-3-5-14(22)10-12)17(23-18(16)21)11-6-8-13(20)9-7-11/h3-10,23H,2H2,1H3. The maximum absolute atomic E-state index is 12.5. The quantitative estimate of drug-likeness (QED) is 0.341. The second kappa shape index (κ2) is 7.81. The summed E-state index contributed by atoms with van der Waals surface area (Å²) in [6.45, 7) is 2.05. The average molecular weight is 486 g/mol. The monoisotopic (exact) mass is 485 g/mol. The number of carbonyl (C=O) groups excluding carboxylic acids is 1. The summed E-state index contributed by atoms with van der Waals surface area (Å²) < 4.78 is 6.26. The van der Waals surface area contributed by atoms with Gasteiger partial charge in [0.25, 0.3) is 0 Å². The number of carbonyl (C=O) groups is 1. The van der Waals surface area contributed by atoms with E-state index in [1.165, 1.54) is 0 Å². The van der Waals surface area contributed by atoms with Crippen molar-refractivity contribution in [1.82, 2.24) is 4.98 Å². The molecule has 0 aliphatic rings. The Hall–Kier alpha value is -1.50. The number of esters is 1. The molecule has 0 spiro atoms. The molecule has 1 aromatic heterocycles. The Bertz CT molecular complexity index is 920. The summed E-state index contributed by atoms with van der Waals surface area (Å²) in [6, 6.07) is 15.3. The SMILES string of the molecule is CCOC(=O)c1c(Cl)[nH]c(-c2ccc(Cl)cc2)c1-c1cccc(I)c1. The summed E-state index contributed by atoms with van der Waals surface area (Å²) in [4.78, 5) is 15.6. The molecular formula is C19H14Cl2INO2. The number of ether oxygens (including phenoxy) is 1. The third-order valence-corrected chi connectivity index (χ3v) is 4.89. The molecule has 1 N–H and O–H groups in total. The molecule has 0 radical (unpaired) electrons. The smallest absolute Gasteiger partial charge is 0.341 e. The molecule has 3 rings (SSSR count). The van der Waals surface area contributed by atoms with Gasteiger partial charge in [-0.1, -0.05) is 47.5 Å². The minimum atomic E-state index is -0.446. The predicted molar refractivity (Wildman–Crippen MR) is 110 cm³/mol. The summed E-state index contributed by atoms with van der Waals surface area (Å²) in [5.74, 6) is -0.446. The number of H-pyrrole nitrogens is 1. The number of benzene rings is 2. The maximum Gasteiger partial charge on any atom is 0.341 e. The van der Waals surface area contributed by atoms with Crippen molar-refractivity contribution >= 4 is 51.8 Å².